The zero-order valence-electron chi connectivity index (χ0n) is 35.6. The second kappa shape index (κ2) is 23.2. The Balaban J connectivity index is 0.000000352. The van der Waals surface area contributed by atoms with Crippen molar-refractivity contribution >= 4 is 70.5 Å². The first-order valence-corrected chi connectivity index (χ1v) is 20.6. The van der Waals surface area contributed by atoms with Gasteiger partial charge < -0.3 is 19.3 Å². The van der Waals surface area contributed by atoms with Crippen LogP contribution in [0, 0.1) is 0 Å². The van der Waals surface area contributed by atoms with Crippen molar-refractivity contribution in [3.05, 3.63) is 69.7 Å². The number of ether oxygens (including phenoxy) is 3. The SMILES string of the molecule is CC(Cl)OC(=O)N(C)[C@]1(c2ccccc2Cl)CCCCC1=O.CC(OC(=O)[C@H](C)N(C)C)OC(=O)N(C)[C@]1(c2ccccc2Cl)CCCCC1=O.C[C@@H](C(=O)O)N(C)C. The van der Waals surface area contributed by atoms with E-state index >= 15 is 0 Å². The number of ketones is 2. The van der Waals surface area contributed by atoms with Gasteiger partial charge in [-0.3, -0.25) is 38.8 Å². The molecule has 0 aliphatic heterocycles. The number of Topliss-reactive ketones (excluding diaryl/α,β-unsaturated/α-hetero) is 2. The monoisotopic (exact) mass is 884 g/mol. The van der Waals surface area contributed by atoms with E-state index in [1.165, 1.54) is 23.8 Å². The van der Waals surface area contributed by atoms with Crippen LogP contribution in [-0.4, -0.2) is 127 Å². The summed E-state index contributed by atoms with van der Waals surface area (Å²) in [5.41, 5.74) is -1.83. The van der Waals surface area contributed by atoms with Crippen LogP contribution in [0.25, 0.3) is 0 Å². The lowest BCUT2D eigenvalue weighted by Crippen LogP contribution is -2.55. The summed E-state index contributed by atoms with van der Waals surface area (Å²) in [7, 11) is 10.1. The maximum atomic E-state index is 13.0. The lowest BCUT2D eigenvalue weighted by Gasteiger charge is -2.43. The maximum absolute atomic E-state index is 13.0. The number of alkyl halides is 1. The van der Waals surface area contributed by atoms with Crippen molar-refractivity contribution in [1.29, 1.82) is 0 Å². The van der Waals surface area contributed by atoms with Gasteiger partial charge in [-0.15, -0.1) is 0 Å². The molecule has 2 aromatic carbocycles. The number of carboxylic acid groups (broad SMARTS) is 1. The molecule has 17 heteroatoms. The molecule has 1 N–H and O–H groups in total. The van der Waals surface area contributed by atoms with Crippen molar-refractivity contribution in [2.24, 2.45) is 0 Å². The third-order valence-electron chi connectivity index (χ3n) is 10.7. The van der Waals surface area contributed by atoms with Crippen LogP contribution in [0.5, 0.6) is 0 Å². The number of hydrogen-bond donors (Lipinski definition) is 1. The molecule has 0 bridgehead atoms. The van der Waals surface area contributed by atoms with E-state index in [1.54, 1.807) is 108 Å². The van der Waals surface area contributed by atoms with Crippen LogP contribution < -0.4 is 0 Å². The third kappa shape index (κ3) is 13.0. The summed E-state index contributed by atoms with van der Waals surface area (Å²) < 4.78 is 15.6. The molecule has 14 nitrogen and oxygen atoms in total. The predicted molar refractivity (Wildman–Crippen MR) is 227 cm³/mol. The van der Waals surface area contributed by atoms with E-state index in [2.05, 4.69) is 0 Å². The minimum atomic E-state index is -1.20. The van der Waals surface area contributed by atoms with Gasteiger partial charge in [0.2, 0.25) is 6.29 Å². The maximum Gasteiger partial charge on any atom is 0.413 e. The van der Waals surface area contributed by atoms with Crippen LogP contribution in [0.4, 0.5) is 9.59 Å². The van der Waals surface area contributed by atoms with E-state index in [9.17, 15) is 28.8 Å². The van der Waals surface area contributed by atoms with Crippen LogP contribution in [-0.2, 0) is 44.5 Å². The molecule has 2 unspecified atom stereocenters. The van der Waals surface area contributed by atoms with Gasteiger partial charge in [-0.05, 0) is 99.6 Å². The summed E-state index contributed by atoms with van der Waals surface area (Å²) in [4.78, 5) is 79.1. The van der Waals surface area contributed by atoms with E-state index in [0.717, 1.165) is 25.7 Å². The molecule has 59 heavy (non-hydrogen) atoms. The van der Waals surface area contributed by atoms with Gasteiger partial charge in [0, 0.05) is 55.0 Å². The number of likely N-dealkylation sites (N-methyl/N-ethyl adjacent to an activating group) is 4. The van der Waals surface area contributed by atoms with Crippen LogP contribution in [0.2, 0.25) is 10.0 Å². The number of benzene rings is 2. The van der Waals surface area contributed by atoms with Gasteiger partial charge in [0.15, 0.2) is 17.1 Å². The summed E-state index contributed by atoms with van der Waals surface area (Å²) >= 11 is 18.4. The van der Waals surface area contributed by atoms with E-state index < -0.39 is 53.1 Å². The van der Waals surface area contributed by atoms with Gasteiger partial charge in [-0.25, -0.2) is 9.59 Å². The van der Waals surface area contributed by atoms with Gasteiger partial charge in [0.25, 0.3) is 0 Å². The number of amides is 2. The smallest absolute Gasteiger partial charge is 0.413 e. The van der Waals surface area contributed by atoms with Gasteiger partial charge in [-0.2, -0.15) is 0 Å². The third-order valence-corrected chi connectivity index (χ3v) is 11.4. The van der Waals surface area contributed by atoms with E-state index in [4.69, 9.17) is 54.1 Å². The Morgan fingerprint density at radius 3 is 1.34 bits per heavy atom. The summed E-state index contributed by atoms with van der Waals surface area (Å²) in [5, 5.41) is 9.20. The molecule has 2 fully saturated rings. The Hall–Kier alpha value is -3.95. The molecule has 0 aromatic heterocycles. The lowest BCUT2D eigenvalue weighted by molar-refractivity contribution is -0.172. The molecule has 0 spiro atoms. The van der Waals surface area contributed by atoms with Crippen molar-refractivity contribution in [2.75, 3.05) is 42.3 Å². The Kier molecular flexibility index (Phi) is 20.1. The van der Waals surface area contributed by atoms with Gasteiger partial charge >= 0.3 is 24.1 Å². The van der Waals surface area contributed by atoms with Crippen LogP contribution in [0.15, 0.2) is 48.5 Å². The molecule has 0 radical (unpaired) electrons. The first kappa shape index (κ1) is 51.2. The van der Waals surface area contributed by atoms with Crippen LogP contribution >= 0.6 is 34.8 Å². The molecule has 2 aliphatic rings. The predicted octanol–water partition coefficient (Wildman–Crippen LogP) is 7.94. The molecule has 0 heterocycles. The highest BCUT2D eigenvalue weighted by Gasteiger charge is 2.50. The molecule has 2 aromatic rings. The highest BCUT2D eigenvalue weighted by atomic mass is 35.5. The minimum absolute atomic E-state index is 0.0199. The zero-order valence-corrected chi connectivity index (χ0v) is 37.9. The topological polar surface area (TPSA) is 163 Å². The van der Waals surface area contributed by atoms with Gasteiger partial charge in [-0.1, -0.05) is 71.2 Å². The highest BCUT2D eigenvalue weighted by Crippen LogP contribution is 2.44. The van der Waals surface area contributed by atoms with Crippen molar-refractivity contribution in [1.82, 2.24) is 19.6 Å². The van der Waals surface area contributed by atoms with Crippen LogP contribution in [0.1, 0.15) is 90.2 Å². The second-order valence-corrected chi connectivity index (χ2v) is 16.4. The fourth-order valence-corrected chi connectivity index (χ4v) is 7.39. The fourth-order valence-electron chi connectivity index (χ4n) is 6.73. The zero-order chi connectivity index (χ0) is 44.8. The highest BCUT2D eigenvalue weighted by molar-refractivity contribution is 6.32. The van der Waals surface area contributed by atoms with Gasteiger partial charge in [0.05, 0.1) is 0 Å². The molecule has 2 amide bonds. The van der Waals surface area contributed by atoms with Crippen molar-refractivity contribution in [2.45, 2.75) is 114 Å². The fraction of sp³-hybridized carbons (Fsp3) is 0.571. The number of hydrogen-bond acceptors (Lipinski definition) is 11. The molecular formula is C42H59Cl3N4O10. The van der Waals surface area contributed by atoms with E-state index in [0.29, 0.717) is 46.9 Å². The number of carbonyl (C=O) groups excluding carboxylic acids is 5. The molecule has 2 saturated carbocycles. The Bertz CT molecular complexity index is 1780. The summed E-state index contributed by atoms with van der Waals surface area (Å²) in [6.07, 6.45) is 2.48. The minimum Gasteiger partial charge on any atom is -0.480 e. The number of aliphatic carboxylic acids is 1. The summed E-state index contributed by atoms with van der Waals surface area (Å²) in [6.45, 7) is 6.35. The number of carboxylic acids is 1. The lowest BCUT2D eigenvalue weighted by atomic mass is 9.74. The average molecular weight is 886 g/mol. The number of rotatable bonds is 11. The first-order chi connectivity index (χ1) is 27.6. The number of nitrogens with zero attached hydrogens (tertiary/aromatic N) is 4. The molecular weight excluding hydrogens is 827 g/mol. The van der Waals surface area contributed by atoms with E-state index in [-0.39, 0.29) is 17.6 Å². The Labute approximate surface area is 362 Å². The standard InChI is InChI=1S/C21H29ClN2O5.C16H19Cl2NO3.C5H11NO2/c1-14(23(3)4)19(26)28-15(2)29-20(27)24(5)21(13-9-8-12-18(21)25)16-10-6-7-11-17(16)22;1-11(17)22-15(21)19(2)16(10-6-5-9-14(16)20)12-7-3-4-8-13(12)18;1-4(5(7)8)6(2)3/h6-7,10-11,14-15H,8-9,12-13H2,1-5H3;3-4,7-8,11H,5-6,9-10H2,1-2H3;4H,1-3H3,(H,7,8)/t14-,15?,21-;11?,16-;4-/m000/s1. The number of carbonyl (C=O) groups is 6. The molecule has 0 saturated heterocycles. The number of esters is 1. The average Bonchev–Trinajstić information content (AvgIpc) is 3.17. The molecule has 328 valence electrons. The van der Waals surface area contributed by atoms with Crippen molar-refractivity contribution in [3.63, 3.8) is 0 Å². The second-order valence-electron chi connectivity index (χ2n) is 15.0. The van der Waals surface area contributed by atoms with Crippen molar-refractivity contribution < 1.29 is 48.1 Å². The normalized spacial score (nSPS) is 21.0. The largest absolute Gasteiger partial charge is 0.480 e. The van der Waals surface area contributed by atoms with Crippen LogP contribution in [0.3, 0.4) is 0 Å². The van der Waals surface area contributed by atoms with Gasteiger partial charge in [0.1, 0.15) is 23.2 Å². The molecule has 4 rings (SSSR count). The molecule has 6 atom stereocenters. The number of halogens is 3. The Morgan fingerprint density at radius 1 is 0.627 bits per heavy atom. The quantitative estimate of drug-likeness (QED) is 0.132. The van der Waals surface area contributed by atoms with Crippen molar-refractivity contribution in [3.8, 4) is 0 Å². The van der Waals surface area contributed by atoms with E-state index in [1.807, 2.05) is 6.07 Å². The first-order valence-electron chi connectivity index (χ1n) is 19.4. The Morgan fingerprint density at radius 2 is 1.02 bits per heavy atom. The summed E-state index contributed by atoms with van der Waals surface area (Å²) in [6, 6.07) is 13.3. The summed E-state index contributed by atoms with van der Waals surface area (Å²) in [5.74, 6) is -1.39. The molecule has 2 aliphatic carbocycles.